The van der Waals surface area contributed by atoms with Gasteiger partial charge in [0.1, 0.15) is 5.76 Å². The molecule has 1 heterocycles. The first-order valence-corrected chi connectivity index (χ1v) is 7.81. The maximum absolute atomic E-state index is 5.42. The summed E-state index contributed by atoms with van der Waals surface area (Å²) in [6, 6.07) is 15.6. The van der Waals surface area contributed by atoms with E-state index in [0.29, 0.717) is 12.1 Å². The summed E-state index contributed by atoms with van der Waals surface area (Å²) in [5.41, 5.74) is 1.58. The van der Waals surface area contributed by atoms with Crippen molar-refractivity contribution in [2.75, 3.05) is 0 Å². The Morgan fingerprint density at radius 3 is 2.33 bits per heavy atom. The first-order valence-electron chi connectivity index (χ1n) is 7.81. The molecule has 21 heavy (non-hydrogen) atoms. The Kier molecular flexibility index (Phi) is 5.24. The molecule has 0 bridgehead atoms. The lowest BCUT2D eigenvalue weighted by Crippen LogP contribution is -2.39. The fourth-order valence-corrected chi connectivity index (χ4v) is 3.11. The van der Waals surface area contributed by atoms with Crippen molar-refractivity contribution in [3.05, 3.63) is 60.1 Å². The smallest absolute Gasteiger partial charge is 0.105 e. The standard InChI is InChI=1S/C19H27NO/c1-15(13-18-11-8-12-21-18)20-16(2)14-19(3,4)17-9-6-5-7-10-17/h5-12,15-16,20H,13-14H2,1-4H3. The van der Waals surface area contributed by atoms with Gasteiger partial charge in [0, 0.05) is 18.5 Å². The average Bonchev–Trinajstić information content (AvgIpc) is 2.91. The first kappa shape index (κ1) is 15.8. The third kappa shape index (κ3) is 4.75. The third-order valence-corrected chi connectivity index (χ3v) is 4.03. The number of nitrogens with one attached hydrogen (secondary N) is 1. The van der Waals surface area contributed by atoms with Gasteiger partial charge in [-0.3, -0.25) is 0 Å². The van der Waals surface area contributed by atoms with E-state index in [0.717, 1.165) is 18.6 Å². The predicted molar refractivity (Wildman–Crippen MR) is 88.6 cm³/mol. The molecule has 2 unspecified atom stereocenters. The van der Waals surface area contributed by atoms with Crippen LogP contribution >= 0.6 is 0 Å². The largest absolute Gasteiger partial charge is 0.469 e. The molecule has 0 fully saturated rings. The van der Waals surface area contributed by atoms with Crippen molar-refractivity contribution < 1.29 is 4.42 Å². The summed E-state index contributed by atoms with van der Waals surface area (Å²) in [5, 5.41) is 3.68. The fourth-order valence-electron chi connectivity index (χ4n) is 3.11. The van der Waals surface area contributed by atoms with Crippen LogP contribution < -0.4 is 5.32 Å². The van der Waals surface area contributed by atoms with Crippen molar-refractivity contribution in [2.45, 2.75) is 58.0 Å². The van der Waals surface area contributed by atoms with Crippen LogP contribution in [0.3, 0.4) is 0 Å². The molecule has 2 rings (SSSR count). The number of furan rings is 1. The lowest BCUT2D eigenvalue weighted by molar-refractivity contribution is 0.353. The summed E-state index contributed by atoms with van der Waals surface area (Å²) in [6.45, 7) is 9.12. The lowest BCUT2D eigenvalue weighted by atomic mass is 9.79. The molecule has 0 aliphatic heterocycles. The molecule has 0 aliphatic rings. The second-order valence-corrected chi connectivity index (χ2v) is 6.71. The van der Waals surface area contributed by atoms with E-state index in [1.54, 1.807) is 6.26 Å². The average molecular weight is 285 g/mol. The number of hydrogen-bond donors (Lipinski definition) is 1. The molecule has 2 aromatic rings. The maximum atomic E-state index is 5.42. The predicted octanol–water partition coefficient (Wildman–Crippen LogP) is 4.56. The van der Waals surface area contributed by atoms with E-state index < -0.39 is 0 Å². The zero-order valence-electron chi connectivity index (χ0n) is 13.6. The van der Waals surface area contributed by atoms with Crippen LogP contribution in [0.4, 0.5) is 0 Å². The Hall–Kier alpha value is -1.54. The zero-order chi connectivity index (χ0) is 15.3. The Balaban J connectivity index is 1.87. The van der Waals surface area contributed by atoms with E-state index >= 15 is 0 Å². The highest BCUT2D eigenvalue weighted by Gasteiger charge is 2.23. The van der Waals surface area contributed by atoms with E-state index in [2.05, 4.69) is 63.3 Å². The summed E-state index contributed by atoms with van der Waals surface area (Å²) in [7, 11) is 0. The van der Waals surface area contributed by atoms with Crippen LogP contribution in [0.5, 0.6) is 0 Å². The van der Waals surface area contributed by atoms with Gasteiger partial charge in [-0.15, -0.1) is 0 Å². The molecule has 1 aromatic heterocycles. The van der Waals surface area contributed by atoms with Gasteiger partial charge in [-0.1, -0.05) is 44.2 Å². The highest BCUT2D eigenvalue weighted by atomic mass is 16.3. The second-order valence-electron chi connectivity index (χ2n) is 6.71. The Bertz CT molecular complexity index is 516. The van der Waals surface area contributed by atoms with Crippen LogP contribution in [0, 0.1) is 0 Å². The summed E-state index contributed by atoms with van der Waals surface area (Å²) >= 11 is 0. The van der Waals surface area contributed by atoms with Gasteiger partial charge in [0.2, 0.25) is 0 Å². The summed E-state index contributed by atoms with van der Waals surface area (Å²) in [4.78, 5) is 0. The quantitative estimate of drug-likeness (QED) is 0.807. The van der Waals surface area contributed by atoms with Gasteiger partial charge in [0.25, 0.3) is 0 Å². The molecular weight excluding hydrogens is 258 g/mol. The topological polar surface area (TPSA) is 25.2 Å². The van der Waals surface area contributed by atoms with Crippen molar-refractivity contribution in [3.63, 3.8) is 0 Å². The molecule has 0 radical (unpaired) electrons. The van der Waals surface area contributed by atoms with Crippen LogP contribution in [0.25, 0.3) is 0 Å². The van der Waals surface area contributed by atoms with Gasteiger partial charge in [-0.2, -0.15) is 0 Å². The number of rotatable bonds is 7. The molecule has 2 heteroatoms. The van der Waals surface area contributed by atoms with Crippen molar-refractivity contribution >= 4 is 0 Å². The summed E-state index contributed by atoms with van der Waals surface area (Å²) in [6.07, 6.45) is 3.78. The maximum Gasteiger partial charge on any atom is 0.105 e. The normalized spacial score (nSPS) is 14.9. The van der Waals surface area contributed by atoms with Crippen LogP contribution in [-0.2, 0) is 11.8 Å². The van der Waals surface area contributed by atoms with E-state index in [1.807, 2.05) is 12.1 Å². The van der Waals surface area contributed by atoms with Crippen molar-refractivity contribution in [1.29, 1.82) is 0 Å². The van der Waals surface area contributed by atoms with Gasteiger partial charge in [0.15, 0.2) is 0 Å². The molecule has 114 valence electrons. The second kappa shape index (κ2) is 6.95. The number of hydrogen-bond acceptors (Lipinski definition) is 2. The Morgan fingerprint density at radius 1 is 1.00 bits per heavy atom. The third-order valence-electron chi connectivity index (χ3n) is 4.03. The van der Waals surface area contributed by atoms with E-state index in [9.17, 15) is 0 Å². The van der Waals surface area contributed by atoms with Gasteiger partial charge in [0.05, 0.1) is 6.26 Å². The minimum absolute atomic E-state index is 0.179. The van der Waals surface area contributed by atoms with Crippen molar-refractivity contribution in [3.8, 4) is 0 Å². The van der Waals surface area contributed by atoms with Gasteiger partial charge < -0.3 is 9.73 Å². The molecular formula is C19H27NO. The van der Waals surface area contributed by atoms with Crippen molar-refractivity contribution in [2.24, 2.45) is 0 Å². The minimum Gasteiger partial charge on any atom is -0.469 e. The van der Waals surface area contributed by atoms with Crippen LogP contribution in [0.1, 0.15) is 45.4 Å². The molecule has 2 nitrogen and oxygen atoms in total. The molecule has 0 aliphatic carbocycles. The molecule has 2 atom stereocenters. The highest BCUT2D eigenvalue weighted by molar-refractivity contribution is 5.23. The summed E-state index contributed by atoms with van der Waals surface area (Å²) in [5.74, 6) is 1.05. The SMILES string of the molecule is CC(Cc1ccco1)NC(C)CC(C)(C)c1ccccc1. The number of benzene rings is 1. The zero-order valence-corrected chi connectivity index (χ0v) is 13.6. The van der Waals surface area contributed by atoms with Crippen molar-refractivity contribution in [1.82, 2.24) is 5.32 Å². The van der Waals surface area contributed by atoms with E-state index in [4.69, 9.17) is 4.42 Å². The molecule has 1 N–H and O–H groups in total. The van der Waals surface area contributed by atoms with Crippen LogP contribution in [0.15, 0.2) is 53.1 Å². The van der Waals surface area contributed by atoms with Crippen LogP contribution in [-0.4, -0.2) is 12.1 Å². The monoisotopic (exact) mass is 285 g/mol. The van der Waals surface area contributed by atoms with Crippen LogP contribution in [0.2, 0.25) is 0 Å². The molecule has 1 aromatic carbocycles. The van der Waals surface area contributed by atoms with Gasteiger partial charge >= 0.3 is 0 Å². The minimum atomic E-state index is 0.179. The molecule has 0 saturated carbocycles. The van der Waals surface area contributed by atoms with Gasteiger partial charge in [-0.05, 0) is 43.4 Å². The molecule has 0 saturated heterocycles. The molecule has 0 spiro atoms. The molecule has 0 amide bonds. The summed E-state index contributed by atoms with van der Waals surface area (Å²) < 4.78 is 5.42. The Labute approximate surface area is 128 Å². The van der Waals surface area contributed by atoms with E-state index in [1.165, 1.54) is 5.56 Å². The Morgan fingerprint density at radius 2 is 1.71 bits per heavy atom. The van der Waals surface area contributed by atoms with Gasteiger partial charge in [-0.25, -0.2) is 0 Å². The lowest BCUT2D eigenvalue weighted by Gasteiger charge is -2.30. The highest BCUT2D eigenvalue weighted by Crippen LogP contribution is 2.28. The first-order chi connectivity index (χ1) is 9.97. The van der Waals surface area contributed by atoms with E-state index in [-0.39, 0.29) is 5.41 Å². The fraction of sp³-hybridized carbons (Fsp3) is 0.474.